The maximum Gasteiger partial charge on any atom is 0.254 e. The third-order valence-electron chi connectivity index (χ3n) is 10.4. The van der Waals surface area contributed by atoms with Crippen molar-refractivity contribution < 1.29 is 24.1 Å². The highest BCUT2D eigenvalue weighted by molar-refractivity contribution is 5.87. The van der Waals surface area contributed by atoms with Crippen molar-refractivity contribution in [2.45, 2.75) is 75.0 Å². The van der Waals surface area contributed by atoms with Crippen molar-refractivity contribution in [1.29, 1.82) is 0 Å². The fourth-order valence-electron chi connectivity index (χ4n) is 9.37. The summed E-state index contributed by atoms with van der Waals surface area (Å²) in [5, 5.41) is 11.0. The predicted molar refractivity (Wildman–Crippen MR) is 135 cm³/mol. The summed E-state index contributed by atoms with van der Waals surface area (Å²) >= 11 is 0. The Hall–Kier alpha value is -2.61. The highest BCUT2D eigenvalue weighted by Crippen LogP contribution is 2.74. The van der Waals surface area contributed by atoms with Crippen LogP contribution in [0.4, 0.5) is 0 Å². The molecule has 8 rings (SSSR count). The lowest BCUT2D eigenvalue weighted by atomic mass is 9.45. The van der Waals surface area contributed by atoms with Crippen molar-refractivity contribution in [3.8, 4) is 11.5 Å². The van der Waals surface area contributed by atoms with Gasteiger partial charge in [0.05, 0.1) is 11.5 Å². The third kappa shape index (κ3) is 2.51. The number of phenols is 1. The van der Waals surface area contributed by atoms with E-state index in [1.165, 1.54) is 5.56 Å². The van der Waals surface area contributed by atoms with Gasteiger partial charge in [0, 0.05) is 30.1 Å². The van der Waals surface area contributed by atoms with E-state index in [0.717, 1.165) is 49.9 Å². The number of carbonyl (C=O) groups excluding carboxylic acids is 1. The van der Waals surface area contributed by atoms with Gasteiger partial charge in [0.25, 0.3) is 5.91 Å². The number of nitrogens with zero attached hydrogens (tertiary/aromatic N) is 2. The van der Waals surface area contributed by atoms with Crippen molar-refractivity contribution in [2.24, 2.45) is 11.8 Å². The molecule has 2 aromatic rings. The normalized spacial score (nSPS) is 38.9. The summed E-state index contributed by atoms with van der Waals surface area (Å²) < 4.78 is 20.1. The Morgan fingerprint density at radius 1 is 1.11 bits per heavy atom. The summed E-state index contributed by atoms with van der Waals surface area (Å²) in [5.74, 6) is 1.11. The van der Waals surface area contributed by atoms with E-state index in [1.807, 2.05) is 23.1 Å². The average molecular weight is 503 g/mol. The van der Waals surface area contributed by atoms with E-state index in [9.17, 15) is 9.90 Å². The molecule has 4 heterocycles. The number of hydrogen-bond donors (Lipinski definition) is 1. The van der Waals surface area contributed by atoms with Crippen LogP contribution < -0.4 is 4.74 Å². The van der Waals surface area contributed by atoms with Crippen molar-refractivity contribution in [2.75, 3.05) is 19.9 Å². The van der Waals surface area contributed by atoms with Gasteiger partial charge >= 0.3 is 0 Å². The summed E-state index contributed by atoms with van der Waals surface area (Å²) in [6.07, 6.45) is 2.71. The predicted octanol–water partition coefficient (Wildman–Crippen LogP) is 3.57. The first-order valence-corrected chi connectivity index (χ1v) is 13.8. The molecule has 7 heteroatoms. The number of benzene rings is 2. The first kappa shape index (κ1) is 22.4. The maximum atomic E-state index is 14.3. The molecule has 0 aromatic heterocycles. The van der Waals surface area contributed by atoms with Crippen LogP contribution in [0.15, 0.2) is 42.5 Å². The Kier molecular flexibility index (Phi) is 4.40. The van der Waals surface area contributed by atoms with Gasteiger partial charge in [-0.1, -0.05) is 50.2 Å². The van der Waals surface area contributed by atoms with Crippen LogP contribution in [0.5, 0.6) is 11.5 Å². The minimum absolute atomic E-state index is 0.00220. The Bertz CT molecular complexity index is 1300. The summed E-state index contributed by atoms with van der Waals surface area (Å²) in [4.78, 5) is 18.8. The highest BCUT2D eigenvalue weighted by atomic mass is 16.7. The fraction of sp³-hybridized carbons (Fsp3) is 0.567. The monoisotopic (exact) mass is 502 g/mol. The standard InChI is InChI=1S/C30H34N2O5/c1-18(2)15-31-13-12-28-23-20-8-9-21(33)24(23)35-17-36-30-11-10-29(28,22(31)14-20)37-25(26(28)30)27(34)32(30)16-19-6-4-3-5-7-19/h3-9,18,22,25-26,33H,10-17H2,1-2H3/t22?,25-,26?,28?,29?,30?/m0/s1. The average Bonchev–Trinajstić information content (AvgIpc) is 3.24. The molecule has 2 aromatic carbocycles. The van der Waals surface area contributed by atoms with E-state index < -0.39 is 22.8 Å². The second-order valence-electron chi connectivity index (χ2n) is 12.3. The molecule has 5 bridgehead atoms. The zero-order chi connectivity index (χ0) is 25.2. The van der Waals surface area contributed by atoms with Gasteiger partial charge in [0.2, 0.25) is 0 Å². The van der Waals surface area contributed by atoms with Crippen LogP contribution in [0.25, 0.3) is 0 Å². The van der Waals surface area contributed by atoms with Gasteiger partial charge in [-0.25, -0.2) is 0 Å². The van der Waals surface area contributed by atoms with Crippen LogP contribution >= 0.6 is 0 Å². The van der Waals surface area contributed by atoms with Crippen molar-refractivity contribution >= 4 is 5.91 Å². The lowest BCUT2D eigenvalue weighted by molar-refractivity contribution is -0.260. The maximum absolute atomic E-state index is 14.3. The third-order valence-corrected chi connectivity index (χ3v) is 10.4. The van der Waals surface area contributed by atoms with E-state index in [1.54, 1.807) is 6.07 Å². The largest absolute Gasteiger partial charge is 0.504 e. The summed E-state index contributed by atoms with van der Waals surface area (Å²) in [5.41, 5.74) is 1.66. The highest BCUT2D eigenvalue weighted by Gasteiger charge is 2.84. The Balaban J connectivity index is 1.36. The molecular formula is C30H34N2O5. The van der Waals surface area contributed by atoms with E-state index in [0.29, 0.717) is 18.2 Å². The number of piperidine rings is 1. The van der Waals surface area contributed by atoms with E-state index in [-0.39, 0.29) is 30.4 Å². The molecule has 2 aliphatic carbocycles. The smallest absolute Gasteiger partial charge is 0.254 e. The van der Waals surface area contributed by atoms with E-state index >= 15 is 0 Å². The number of aromatic hydroxyl groups is 1. The van der Waals surface area contributed by atoms with E-state index in [2.05, 4.69) is 36.9 Å². The molecular weight excluding hydrogens is 468 g/mol. The Morgan fingerprint density at radius 3 is 2.76 bits per heavy atom. The van der Waals surface area contributed by atoms with Crippen molar-refractivity contribution in [3.63, 3.8) is 0 Å². The summed E-state index contributed by atoms with van der Waals surface area (Å²) in [7, 11) is 0. The number of likely N-dealkylation sites (tertiary alicyclic amines) is 2. The molecule has 1 saturated carbocycles. The second-order valence-corrected chi connectivity index (χ2v) is 12.3. The molecule has 1 N–H and O–H groups in total. The van der Waals surface area contributed by atoms with Gasteiger partial charge in [-0.2, -0.15) is 0 Å². The fourth-order valence-corrected chi connectivity index (χ4v) is 9.37. The van der Waals surface area contributed by atoms with Crippen LogP contribution in [0.1, 0.15) is 49.8 Å². The van der Waals surface area contributed by atoms with Crippen LogP contribution in [0.2, 0.25) is 0 Å². The van der Waals surface area contributed by atoms with Crippen LogP contribution in [0, 0.1) is 11.8 Å². The molecule has 37 heavy (non-hydrogen) atoms. The van der Waals surface area contributed by atoms with Crippen LogP contribution in [-0.2, 0) is 32.6 Å². The summed E-state index contributed by atoms with van der Waals surface area (Å²) in [6, 6.07) is 14.2. The Morgan fingerprint density at radius 2 is 1.95 bits per heavy atom. The topological polar surface area (TPSA) is 71.5 Å². The van der Waals surface area contributed by atoms with Crippen LogP contribution in [0.3, 0.4) is 0 Å². The molecule has 4 fully saturated rings. The zero-order valence-corrected chi connectivity index (χ0v) is 21.5. The first-order valence-electron chi connectivity index (χ1n) is 13.8. The molecule has 194 valence electrons. The van der Waals surface area contributed by atoms with Gasteiger partial charge in [0.15, 0.2) is 24.0 Å². The van der Waals surface area contributed by atoms with Crippen LogP contribution in [-0.4, -0.2) is 64.2 Å². The number of hydrogen-bond acceptors (Lipinski definition) is 6. The number of ether oxygens (including phenoxy) is 3. The van der Waals surface area contributed by atoms with E-state index in [4.69, 9.17) is 14.2 Å². The summed E-state index contributed by atoms with van der Waals surface area (Å²) in [6.45, 7) is 6.98. The lowest BCUT2D eigenvalue weighted by Crippen LogP contribution is -2.77. The SMILES string of the molecule is CC(C)CN1CCC23c4c5ccc(O)c4OCOC46CCC2(O[C@H](C(=O)N4Cc2ccccc2)C63)C1C5. The second kappa shape index (κ2) is 7.28. The molecule has 1 spiro atoms. The molecule has 7 nitrogen and oxygen atoms in total. The zero-order valence-electron chi connectivity index (χ0n) is 21.5. The van der Waals surface area contributed by atoms with Crippen molar-refractivity contribution in [3.05, 3.63) is 59.2 Å². The molecule has 1 amide bonds. The number of rotatable bonds is 4. The molecule has 3 saturated heterocycles. The lowest BCUT2D eigenvalue weighted by Gasteiger charge is -2.67. The molecule has 6 aliphatic rings. The molecule has 6 atom stereocenters. The van der Waals surface area contributed by atoms with Gasteiger partial charge in [-0.05, 0) is 55.3 Å². The quantitative estimate of drug-likeness (QED) is 0.690. The van der Waals surface area contributed by atoms with Gasteiger partial charge in [-0.3, -0.25) is 9.69 Å². The number of carbonyl (C=O) groups is 1. The van der Waals surface area contributed by atoms with Gasteiger partial charge in [0.1, 0.15) is 6.10 Å². The molecule has 5 unspecified atom stereocenters. The number of amides is 1. The van der Waals surface area contributed by atoms with Gasteiger partial charge in [-0.15, -0.1) is 0 Å². The number of phenolic OH excluding ortho intramolecular Hbond substituents is 1. The minimum Gasteiger partial charge on any atom is -0.504 e. The van der Waals surface area contributed by atoms with Gasteiger partial charge < -0.3 is 24.2 Å². The first-order chi connectivity index (χ1) is 17.9. The minimum atomic E-state index is -0.792. The molecule has 4 aliphatic heterocycles. The van der Waals surface area contributed by atoms with Crippen molar-refractivity contribution in [1.82, 2.24) is 9.80 Å². The Labute approximate surface area is 217 Å². The molecule has 0 radical (unpaired) electrons.